The largest absolute Gasteiger partial charge is 0.293 e. The number of aromatic nitrogens is 1. The molecule has 0 spiro atoms. The number of ketones is 1. The summed E-state index contributed by atoms with van der Waals surface area (Å²) >= 11 is 0. The molecule has 2 heteroatoms. The SMILES string of the molecule is O=C(c1ccc2ncccc2c1)C1CCc2ccccc21. The van der Waals surface area contributed by atoms with E-state index in [2.05, 4.69) is 17.1 Å². The van der Waals surface area contributed by atoms with Crippen molar-refractivity contribution in [1.29, 1.82) is 0 Å². The van der Waals surface area contributed by atoms with Crippen molar-refractivity contribution in [3.05, 3.63) is 77.5 Å². The zero-order valence-corrected chi connectivity index (χ0v) is 11.6. The molecular weight excluding hydrogens is 258 g/mol. The second kappa shape index (κ2) is 4.81. The summed E-state index contributed by atoms with van der Waals surface area (Å²) in [6.45, 7) is 0. The van der Waals surface area contributed by atoms with Gasteiger partial charge in [0.1, 0.15) is 0 Å². The van der Waals surface area contributed by atoms with E-state index in [0.29, 0.717) is 0 Å². The van der Waals surface area contributed by atoms with E-state index in [-0.39, 0.29) is 11.7 Å². The molecule has 0 saturated heterocycles. The van der Waals surface area contributed by atoms with Crippen molar-refractivity contribution in [2.24, 2.45) is 0 Å². The molecule has 1 aliphatic carbocycles. The van der Waals surface area contributed by atoms with Crippen LogP contribution in [0.25, 0.3) is 10.9 Å². The van der Waals surface area contributed by atoms with Crippen LogP contribution < -0.4 is 0 Å². The Kier molecular flexibility index (Phi) is 2.81. The van der Waals surface area contributed by atoms with Crippen LogP contribution in [0.15, 0.2) is 60.8 Å². The van der Waals surface area contributed by atoms with Crippen LogP contribution in [0, 0.1) is 0 Å². The molecule has 0 fully saturated rings. The van der Waals surface area contributed by atoms with E-state index >= 15 is 0 Å². The van der Waals surface area contributed by atoms with Crippen molar-refractivity contribution in [2.75, 3.05) is 0 Å². The van der Waals surface area contributed by atoms with Gasteiger partial charge in [0.2, 0.25) is 0 Å². The topological polar surface area (TPSA) is 30.0 Å². The monoisotopic (exact) mass is 273 g/mol. The molecule has 1 aliphatic rings. The summed E-state index contributed by atoms with van der Waals surface area (Å²) in [6, 6.07) is 18.0. The number of benzene rings is 2. The first kappa shape index (κ1) is 12.3. The Labute approximate surface area is 123 Å². The van der Waals surface area contributed by atoms with Crippen molar-refractivity contribution < 1.29 is 4.79 Å². The number of rotatable bonds is 2. The van der Waals surface area contributed by atoms with Gasteiger partial charge in [-0.05, 0) is 48.2 Å². The first-order valence-corrected chi connectivity index (χ1v) is 7.30. The van der Waals surface area contributed by atoms with Crippen LogP contribution in [-0.2, 0) is 6.42 Å². The van der Waals surface area contributed by atoms with Crippen LogP contribution in [0.1, 0.15) is 33.8 Å². The molecule has 2 nitrogen and oxygen atoms in total. The highest BCUT2D eigenvalue weighted by Gasteiger charge is 2.28. The molecule has 3 aromatic rings. The Morgan fingerprint density at radius 3 is 2.90 bits per heavy atom. The second-order valence-corrected chi connectivity index (χ2v) is 5.57. The molecule has 1 unspecified atom stereocenters. The number of nitrogens with zero attached hydrogens (tertiary/aromatic N) is 1. The Hall–Kier alpha value is -2.48. The molecule has 1 heterocycles. The van der Waals surface area contributed by atoms with E-state index in [1.807, 2.05) is 42.5 Å². The number of hydrogen-bond donors (Lipinski definition) is 0. The molecule has 0 radical (unpaired) electrons. The minimum atomic E-state index is 0.00956. The number of pyridine rings is 1. The normalized spacial score (nSPS) is 16.9. The van der Waals surface area contributed by atoms with Gasteiger partial charge in [0, 0.05) is 23.1 Å². The molecule has 1 atom stereocenters. The van der Waals surface area contributed by atoms with Gasteiger partial charge >= 0.3 is 0 Å². The Morgan fingerprint density at radius 2 is 1.95 bits per heavy atom. The fourth-order valence-electron chi connectivity index (χ4n) is 3.26. The van der Waals surface area contributed by atoms with Crippen LogP contribution in [0.2, 0.25) is 0 Å². The number of carbonyl (C=O) groups is 1. The average molecular weight is 273 g/mol. The fourth-order valence-corrected chi connectivity index (χ4v) is 3.26. The number of hydrogen-bond acceptors (Lipinski definition) is 2. The number of Topliss-reactive ketones (excluding diaryl/α,β-unsaturated/α-hetero) is 1. The van der Waals surface area contributed by atoms with E-state index in [1.165, 1.54) is 11.1 Å². The van der Waals surface area contributed by atoms with Crippen molar-refractivity contribution >= 4 is 16.7 Å². The van der Waals surface area contributed by atoms with E-state index < -0.39 is 0 Å². The summed E-state index contributed by atoms with van der Waals surface area (Å²) in [6.07, 6.45) is 3.70. The summed E-state index contributed by atoms with van der Waals surface area (Å²) in [5.74, 6) is 0.237. The van der Waals surface area contributed by atoms with Gasteiger partial charge in [-0.1, -0.05) is 30.3 Å². The van der Waals surface area contributed by atoms with Gasteiger partial charge in [0.15, 0.2) is 5.78 Å². The average Bonchev–Trinajstić information content (AvgIpc) is 2.98. The quantitative estimate of drug-likeness (QED) is 0.657. The molecule has 2 aromatic carbocycles. The van der Waals surface area contributed by atoms with Crippen LogP contribution in [0.5, 0.6) is 0 Å². The Balaban J connectivity index is 1.74. The van der Waals surface area contributed by atoms with Gasteiger partial charge in [0.25, 0.3) is 0 Å². The molecule has 0 amide bonds. The van der Waals surface area contributed by atoms with Crippen molar-refractivity contribution in [2.45, 2.75) is 18.8 Å². The van der Waals surface area contributed by atoms with Crippen molar-refractivity contribution in [3.63, 3.8) is 0 Å². The molecule has 4 rings (SSSR count). The third-order valence-corrected chi connectivity index (χ3v) is 4.34. The van der Waals surface area contributed by atoms with E-state index in [0.717, 1.165) is 29.3 Å². The van der Waals surface area contributed by atoms with Crippen LogP contribution >= 0.6 is 0 Å². The third-order valence-electron chi connectivity index (χ3n) is 4.34. The second-order valence-electron chi connectivity index (χ2n) is 5.57. The smallest absolute Gasteiger partial charge is 0.170 e. The minimum Gasteiger partial charge on any atom is -0.293 e. The highest BCUT2D eigenvalue weighted by Crippen LogP contribution is 2.35. The first-order valence-electron chi connectivity index (χ1n) is 7.30. The van der Waals surface area contributed by atoms with Crippen LogP contribution in [0.4, 0.5) is 0 Å². The van der Waals surface area contributed by atoms with Gasteiger partial charge in [-0.3, -0.25) is 9.78 Å². The minimum absolute atomic E-state index is 0.00956. The molecule has 0 saturated carbocycles. The van der Waals surface area contributed by atoms with E-state index in [9.17, 15) is 4.79 Å². The predicted molar refractivity (Wildman–Crippen MR) is 83.6 cm³/mol. The van der Waals surface area contributed by atoms with E-state index in [4.69, 9.17) is 0 Å². The number of carbonyl (C=O) groups excluding carboxylic acids is 1. The molecule has 1 aromatic heterocycles. The number of aryl methyl sites for hydroxylation is 1. The fraction of sp³-hybridized carbons (Fsp3) is 0.158. The van der Waals surface area contributed by atoms with Gasteiger partial charge in [0.05, 0.1) is 5.52 Å². The Morgan fingerprint density at radius 1 is 1.05 bits per heavy atom. The zero-order valence-electron chi connectivity index (χ0n) is 11.6. The number of fused-ring (bicyclic) bond motifs is 2. The maximum absolute atomic E-state index is 12.8. The summed E-state index contributed by atoms with van der Waals surface area (Å²) < 4.78 is 0. The van der Waals surface area contributed by atoms with Gasteiger partial charge < -0.3 is 0 Å². The standard InChI is InChI=1S/C19H15NO/c21-19(17-9-7-13-4-1-2-6-16(13)17)15-8-10-18-14(12-15)5-3-11-20-18/h1-6,8,10-12,17H,7,9H2. The van der Waals surface area contributed by atoms with Gasteiger partial charge in [-0.15, -0.1) is 0 Å². The molecule has 21 heavy (non-hydrogen) atoms. The summed E-state index contributed by atoms with van der Waals surface area (Å²) in [4.78, 5) is 17.1. The first-order chi connectivity index (χ1) is 10.3. The summed E-state index contributed by atoms with van der Waals surface area (Å²) in [5, 5.41) is 1.02. The van der Waals surface area contributed by atoms with Crippen LogP contribution in [-0.4, -0.2) is 10.8 Å². The van der Waals surface area contributed by atoms with E-state index in [1.54, 1.807) is 6.20 Å². The molecule has 102 valence electrons. The highest BCUT2D eigenvalue weighted by molar-refractivity contribution is 6.03. The lowest BCUT2D eigenvalue weighted by molar-refractivity contribution is 0.0959. The van der Waals surface area contributed by atoms with Gasteiger partial charge in [-0.25, -0.2) is 0 Å². The van der Waals surface area contributed by atoms with Crippen LogP contribution in [0.3, 0.4) is 0 Å². The predicted octanol–water partition coefficient (Wildman–Crippen LogP) is 4.15. The maximum Gasteiger partial charge on any atom is 0.170 e. The highest BCUT2D eigenvalue weighted by atomic mass is 16.1. The summed E-state index contributed by atoms with van der Waals surface area (Å²) in [5.41, 5.74) is 4.24. The van der Waals surface area contributed by atoms with Crippen molar-refractivity contribution in [3.8, 4) is 0 Å². The lowest BCUT2D eigenvalue weighted by atomic mass is 9.91. The zero-order chi connectivity index (χ0) is 14.2. The third kappa shape index (κ3) is 2.04. The molecule has 0 N–H and O–H groups in total. The lowest BCUT2D eigenvalue weighted by Gasteiger charge is -2.11. The maximum atomic E-state index is 12.8. The lowest BCUT2D eigenvalue weighted by Crippen LogP contribution is -2.10. The summed E-state index contributed by atoms with van der Waals surface area (Å²) in [7, 11) is 0. The Bertz CT molecular complexity index is 838. The molecule has 0 bridgehead atoms. The molecular formula is C19H15NO. The molecule has 0 aliphatic heterocycles. The van der Waals surface area contributed by atoms with Gasteiger partial charge in [-0.2, -0.15) is 0 Å². The van der Waals surface area contributed by atoms with Crippen molar-refractivity contribution in [1.82, 2.24) is 4.98 Å².